The lowest BCUT2D eigenvalue weighted by molar-refractivity contribution is 0.102. The number of anilines is 1. The molecule has 0 fully saturated rings. The van der Waals surface area contributed by atoms with Crippen molar-refractivity contribution in [3.05, 3.63) is 46.0 Å². The Morgan fingerprint density at radius 2 is 2.17 bits per heavy atom. The molecule has 0 aliphatic rings. The first-order chi connectivity index (χ1) is 8.49. The minimum Gasteiger partial charge on any atom is -0.319 e. The Hall–Kier alpha value is -1.88. The third kappa shape index (κ3) is 2.36. The number of aryl methyl sites for hydroxylation is 2. The van der Waals surface area contributed by atoms with Crippen LogP contribution >= 0.6 is 11.6 Å². The molecule has 94 valence electrons. The van der Waals surface area contributed by atoms with Gasteiger partial charge >= 0.3 is 0 Å². The summed E-state index contributed by atoms with van der Waals surface area (Å²) in [5.41, 5.74) is 1.81. The van der Waals surface area contributed by atoms with Gasteiger partial charge in [0, 0.05) is 5.02 Å². The lowest BCUT2D eigenvalue weighted by Gasteiger charge is -2.06. The summed E-state index contributed by atoms with van der Waals surface area (Å²) < 4.78 is 13.5. The van der Waals surface area contributed by atoms with Crippen LogP contribution in [0.2, 0.25) is 5.02 Å². The molecule has 0 saturated carbocycles. The van der Waals surface area contributed by atoms with Gasteiger partial charge in [-0.2, -0.15) is 5.10 Å². The fourth-order valence-electron chi connectivity index (χ4n) is 1.59. The van der Waals surface area contributed by atoms with Gasteiger partial charge in [-0.05, 0) is 32.0 Å². The molecule has 2 N–H and O–H groups in total. The van der Waals surface area contributed by atoms with Crippen molar-refractivity contribution in [2.24, 2.45) is 0 Å². The van der Waals surface area contributed by atoms with Gasteiger partial charge < -0.3 is 5.32 Å². The number of carbonyl (C=O) groups is 1. The highest BCUT2D eigenvalue weighted by Gasteiger charge is 2.15. The van der Waals surface area contributed by atoms with Crippen molar-refractivity contribution in [2.75, 3.05) is 5.32 Å². The molecule has 1 aromatic carbocycles. The van der Waals surface area contributed by atoms with Crippen molar-refractivity contribution in [3.8, 4) is 0 Å². The van der Waals surface area contributed by atoms with Gasteiger partial charge in [-0.3, -0.25) is 9.89 Å². The highest BCUT2D eigenvalue weighted by molar-refractivity contribution is 6.31. The van der Waals surface area contributed by atoms with Crippen LogP contribution in [0.3, 0.4) is 0 Å². The summed E-state index contributed by atoms with van der Waals surface area (Å²) >= 11 is 5.74. The molecular formula is C12H11ClFN3O. The van der Waals surface area contributed by atoms with Crippen molar-refractivity contribution in [1.29, 1.82) is 0 Å². The van der Waals surface area contributed by atoms with Crippen LogP contribution in [0.25, 0.3) is 0 Å². The lowest BCUT2D eigenvalue weighted by atomic mass is 10.2. The SMILES string of the molecule is Cc1n[nH]c(C)c1NC(=O)c1cc(Cl)ccc1F. The van der Waals surface area contributed by atoms with E-state index in [-0.39, 0.29) is 5.56 Å². The van der Waals surface area contributed by atoms with E-state index in [1.807, 2.05) is 0 Å². The summed E-state index contributed by atoms with van der Waals surface area (Å²) in [5, 5.41) is 9.60. The normalized spacial score (nSPS) is 10.4. The molecular weight excluding hydrogens is 257 g/mol. The number of aromatic amines is 1. The Labute approximate surface area is 108 Å². The number of aromatic nitrogens is 2. The molecule has 1 heterocycles. The molecule has 4 nitrogen and oxygen atoms in total. The number of nitrogens with one attached hydrogen (secondary N) is 2. The molecule has 6 heteroatoms. The van der Waals surface area contributed by atoms with Gasteiger partial charge in [0.2, 0.25) is 0 Å². The quantitative estimate of drug-likeness (QED) is 0.878. The van der Waals surface area contributed by atoms with E-state index in [4.69, 9.17) is 11.6 Å². The van der Waals surface area contributed by atoms with E-state index in [9.17, 15) is 9.18 Å². The zero-order valence-corrected chi connectivity index (χ0v) is 10.6. The summed E-state index contributed by atoms with van der Waals surface area (Å²) in [6, 6.07) is 3.84. The van der Waals surface area contributed by atoms with Gasteiger partial charge in [-0.1, -0.05) is 11.6 Å². The summed E-state index contributed by atoms with van der Waals surface area (Å²) in [6.07, 6.45) is 0. The molecule has 0 aliphatic heterocycles. The number of hydrogen-bond acceptors (Lipinski definition) is 2. The number of benzene rings is 1. The van der Waals surface area contributed by atoms with Crippen LogP contribution in [0.1, 0.15) is 21.7 Å². The molecule has 0 aliphatic carbocycles. The summed E-state index contributed by atoms with van der Waals surface area (Å²) in [6.45, 7) is 3.51. The van der Waals surface area contributed by atoms with Crippen LogP contribution in [-0.4, -0.2) is 16.1 Å². The van der Waals surface area contributed by atoms with Gasteiger partial charge in [0.1, 0.15) is 5.82 Å². The van der Waals surface area contributed by atoms with Gasteiger partial charge in [0.25, 0.3) is 5.91 Å². The van der Waals surface area contributed by atoms with E-state index in [0.29, 0.717) is 22.1 Å². The average Bonchev–Trinajstić information content (AvgIpc) is 2.64. The number of amides is 1. The van der Waals surface area contributed by atoms with E-state index >= 15 is 0 Å². The summed E-state index contributed by atoms with van der Waals surface area (Å²) in [4.78, 5) is 11.9. The van der Waals surface area contributed by atoms with Crippen LogP contribution in [0.15, 0.2) is 18.2 Å². The number of rotatable bonds is 2. The summed E-state index contributed by atoms with van der Waals surface area (Å²) in [5.74, 6) is -1.17. The maximum atomic E-state index is 13.5. The van der Waals surface area contributed by atoms with Crippen LogP contribution in [0.5, 0.6) is 0 Å². The van der Waals surface area contributed by atoms with E-state index in [0.717, 1.165) is 6.07 Å². The third-order valence-corrected chi connectivity index (χ3v) is 2.77. The van der Waals surface area contributed by atoms with Crippen LogP contribution in [0, 0.1) is 19.7 Å². The van der Waals surface area contributed by atoms with E-state index < -0.39 is 11.7 Å². The van der Waals surface area contributed by atoms with Crippen LogP contribution in [-0.2, 0) is 0 Å². The highest BCUT2D eigenvalue weighted by Crippen LogP contribution is 2.20. The Morgan fingerprint density at radius 3 is 2.78 bits per heavy atom. The zero-order valence-electron chi connectivity index (χ0n) is 9.84. The largest absolute Gasteiger partial charge is 0.319 e. The minimum absolute atomic E-state index is 0.0949. The topological polar surface area (TPSA) is 57.8 Å². The van der Waals surface area contributed by atoms with Crippen molar-refractivity contribution < 1.29 is 9.18 Å². The second-order valence-corrected chi connectivity index (χ2v) is 4.32. The second kappa shape index (κ2) is 4.78. The van der Waals surface area contributed by atoms with E-state index in [1.165, 1.54) is 12.1 Å². The number of carbonyl (C=O) groups excluding carboxylic acids is 1. The number of hydrogen-bond donors (Lipinski definition) is 2. The molecule has 1 aromatic heterocycles. The van der Waals surface area contributed by atoms with Gasteiger partial charge in [-0.15, -0.1) is 0 Å². The molecule has 2 rings (SSSR count). The number of H-pyrrole nitrogens is 1. The smallest absolute Gasteiger partial charge is 0.258 e. The standard InChI is InChI=1S/C12H11ClFN3O/c1-6-11(7(2)17-16-6)15-12(18)9-5-8(13)3-4-10(9)14/h3-5H,1-2H3,(H,15,18)(H,16,17). The predicted octanol–water partition coefficient (Wildman–Crippen LogP) is 3.07. The Balaban J connectivity index is 2.30. The van der Waals surface area contributed by atoms with Crippen LogP contribution in [0.4, 0.5) is 10.1 Å². The lowest BCUT2D eigenvalue weighted by Crippen LogP contribution is -2.14. The monoisotopic (exact) mass is 267 g/mol. The first kappa shape index (κ1) is 12.6. The fourth-order valence-corrected chi connectivity index (χ4v) is 1.76. The van der Waals surface area contributed by atoms with Crippen molar-refractivity contribution in [3.63, 3.8) is 0 Å². The van der Waals surface area contributed by atoms with Gasteiger partial charge in [-0.25, -0.2) is 4.39 Å². The molecule has 0 spiro atoms. The van der Waals surface area contributed by atoms with Crippen LogP contribution < -0.4 is 5.32 Å². The molecule has 0 saturated heterocycles. The second-order valence-electron chi connectivity index (χ2n) is 3.89. The fraction of sp³-hybridized carbons (Fsp3) is 0.167. The Kier molecular flexibility index (Phi) is 3.34. The molecule has 0 atom stereocenters. The molecule has 18 heavy (non-hydrogen) atoms. The number of nitrogens with zero attached hydrogens (tertiary/aromatic N) is 1. The van der Waals surface area contributed by atoms with Gasteiger partial charge in [0.05, 0.1) is 22.6 Å². The molecule has 2 aromatic rings. The minimum atomic E-state index is -0.615. The van der Waals surface area contributed by atoms with Crippen molar-refractivity contribution in [1.82, 2.24) is 10.2 Å². The first-order valence-corrected chi connectivity index (χ1v) is 5.65. The predicted molar refractivity (Wildman–Crippen MR) is 67.4 cm³/mol. The average molecular weight is 268 g/mol. The summed E-state index contributed by atoms with van der Waals surface area (Å²) in [7, 11) is 0. The first-order valence-electron chi connectivity index (χ1n) is 5.27. The Bertz CT molecular complexity index is 590. The number of halogens is 2. The maximum absolute atomic E-state index is 13.5. The molecule has 1 amide bonds. The third-order valence-electron chi connectivity index (χ3n) is 2.54. The van der Waals surface area contributed by atoms with E-state index in [1.54, 1.807) is 13.8 Å². The van der Waals surface area contributed by atoms with E-state index in [2.05, 4.69) is 15.5 Å². The van der Waals surface area contributed by atoms with Crippen molar-refractivity contribution >= 4 is 23.2 Å². The molecule has 0 radical (unpaired) electrons. The molecule has 0 unspecified atom stereocenters. The van der Waals surface area contributed by atoms with Gasteiger partial charge in [0.15, 0.2) is 0 Å². The Morgan fingerprint density at radius 1 is 1.44 bits per heavy atom. The zero-order chi connectivity index (χ0) is 13.3. The van der Waals surface area contributed by atoms with Crippen molar-refractivity contribution in [2.45, 2.75) is 13.8 Å². The highest BCUT2D eigenvalue weighted by atomic mass is 35.5. The molecule has 0 bridgehead atoms. The maximum Gasteiger partial charge on any atom is 0.258 e.